The van der Waals surface area contributed by atoms with E-state index in [2.05, 4.69) is 9.72 Å². The number of carbonyl (C=O) groups excluding carboxylic acids is 1. The Balaban J connectivity index is 0.00000361. The van der Waals surface area contributed by atoms with E-state index in [0.29, 0.717) is 0 Å². The van der Waals surface area contributed by atoms with Crippen LogP contribution in [0.25, 0.3) is 6.08 Å². The first-order chi connectivity index (χ1) is 8.99. The molecule has 0 aliphatic rings. The van der Waals surface area contributed by atoms with E-state index in [9.17, 15) is 20.0 Å². The number of methoxy groups -OCH3 is 1. The van der Waals surface area contributed by atoms with E-state index in [4.69, 9.17) is 4.74 Å². The first kappa shape index (κ1) is 19.0. The van der Waals surface area contributed by atoms with Crippen LogP contribution in [0.3, 0.4) is 0 Å². The number of ether oxygens (including phenoxy) is 2. The Morgan fingerprint density at radius 1 is 1.60 bits per heavy atom. The van der Waals surface area contributed by atoms with Crippen LogP contribution in [0.15, 0.2) is 18.0 Å². The van der Waals surface area contributed by atoms with Gasteiger partial charge in [0.2, 0.25) is 11.6 Å². The zero-order chi connectivity index (χ0) is 14.4. The standard InChI is InChI=1S/C11H12N2O6.K/c1-3-19-11(15)9(14)4-7-5-10(18-2)12-6-8(7)13(16)17;/h4-6,14H,3H2,1-2H3;/b9-4+;. The number of nitro groups is 1. The molecule has 0 bridgehead atoms. The third kappa shape index (κ3) is 5.17. The van der Waals surface area contributed by atoms with Crippen LogP contribution in [0.1, 0.15) is 12.5 Å². The second-order valence-corrected chi connectivity index (χ2v) is 3.29. The second kappa shape index (κ2) is 9.03. The number of hydrogen-bond acceptors (Lipinski definition) is 7. The van der Waals surface area contributed by atoms with Crippen molar-refractivity contribution in [3.05, 3.63) is 33.7 Å². The molecule has 1 N–H and O–H groups in total. The van der Waals surface area contributed by atoms with E-state index in [1.54, 1.807) is 6.92 Å². The number of esters is 1. The van der Waals surface area contributed by atoms with Crippen LogP contribution in [-0.4, -0.2) is 86.1 Å². The van der Waals surface area contributed by atoms with Crippen molar-refractivity contribution < 1.29 is 24.3 Å². The van der Waals surface area contributed by atoms with Crippen molar-refractivity contribution in [3.63, 3.8) is 0 Å². The Kier molecular flexibility index (Phi) is 8.58. The van der Waals surface area contributed by atoms with Gasteiger partial charge in [-0.05, 0) is 6.92 Å². The van der Waals surface area contributed by atoms with Gasteiger partial charge in [0, 0.05) is 63.5 Å². The van der Waals surface area contributed by atoms with E-state index in [1.165, 1.54) is 13.2 Å². The summed E-state index contributed by atoms with van der Waals surface area (Å²) in [5.74, 6) is -1.58. The minimum Gasteiger partial charge on any atom is -0.502 e. The Morgan fingerprint density at radius 3 is 2.75 bits per heavy atom. The molecule has 0 fully saturated rings. The first-order valence-electron chi connectivity index (χ1n) is 5.25. The van der Waals surface area contributed by atoms with Crippen LogP contribution in [0.2, 0.25) is 0 Å². The molecule has 0 unspecified atom stereocenters. The molecule has 1 radical (unpaired) electrons. The van der Waals surface area contributed by atoms with E-state index < -0.39 is 16.7 Å². The monoisotopic (exact) mass is 307 g/mol. The number of rotatable bonds is 5. The minimum atomic E-state index is -0.965. The van der Waals surface area contributed by atoms with Gasteiger partial charge in [-0.1, -0.05) is 0 Å². The summed E-state index contributed by atoms with van der Waals surface area (Å²) in [4.78, 5) is 25.0. The number of aliphatic hydroxyl groups excluding tert-OH is 1. The largest absolute Gasteiger partial charge is 0.502 e. The fraction of sp³-hybridized carbons (Fsp3) is 0.273. The summed E-state index contributed by atoms with van der Waals surface area (Å²) in [7, 11) is 1.34. The van der Waals surface area contributed by atoms with Gasteiger partial charge in [-0.3, -0.25) is 10.1 Å². The molecule has 103 valence electrons. The van der Waals surface area contributed by atoms with Crippen molar-refractivity contribution >= 4 is 69.1 Å². The number of aliphatic hydroxyl groups is 1. The Labute approximate surface area is 157 Å². The molecule has 20 heavy (non-hydrogen) atoms. The van der Waals surface area contributed by atoms with Gasteiger partial charge in [-0.15, -0.1) is 0 Å². The van der Waals surface area contributed by atoms with Gasteiger partial charge < -0.3 is 14.6 Å². The van der Waals surface area contributed by atoms with Crippen molar-refractivity contribution in [2.45, 2.75) is 6.92 Å². The maximum Gasteiger partial charge on any atom is 0.373 e. The van der Waals surface area contributed by atoms with Gasteiger partial charge >= 0.3 is 5.97 Å². The summed E-state index contributed by atoms with van der Waals surface area (Å²) in [5, 5.41) is 20.3. The summed E-state index contributed by atoms with van der Waals surface area (Å²) < 4.78 is 9.38. The number of nitrogens with zero attached hydrogens (tertiary/aromatic N) is 2. The predicted octanol–water partition coefficient (Wildman–Crippen LogP) is 1.08. The van der Waals surface area contributed by atoms with Crippen LogP contribution < -0.4 is 4.74 Å². The molecule has 0 aliphatic heterocycles. The summed E-state index contributed by atoms with van der Waals surface area (Å²) in [6.07, 6.45) is 1.91. The Morgan fingerprint density at radius 2 is 2.25 bits per heavy atom. The smallest absolute Gasteiger partial charge is 0.373 e. The zero-order valence-corrected chi connectivity index (χ0v) is 14.4. The number of pyridine rings is 1. The van der Waals surface area contributed by atoms with Gasteiger partial charge in [0.1, 0.15) is 6.20 Å². The van der Waals surface area contributed by atoms with Gasteiger partial charge in [0.25, 0.3) is 5.69 Å². The molecule has 0 saturated carbocycles. The Hall–Kier alpha value is -1.00. The minimum absolute atomic E-state index is 0. The maximum absolute atomic E-state index is 11.2. The summed E-state index contributed by atoms with van der Waals surface area (Å²) in [6.45, 7) is 1.65. The third-order valence-electron chi connectivity index (χ3n) is 2.07. The molecule has 9 heteroatoms. The molecule has 0 aliphatic carbocycles. The topological polar surface area (TPSA) is 112 Å². The van der Waals surface area contributed by atoms with E-state index in [-0.39, 0.29) is 75.1 Å². The molecule has 0 saturated heterocycles. The number of aromatic nitrogens is 1. The zero-order valence-electron chi connectivity index (χ0n) is 11.3. The number of hydrogen-bond donors (Lipinski definition) is 1. The van der Waals surface area contributed by atoms with Crippen LogP contribution in [-0.2, 0) is 9.53 Å². The van der Waals surface area contributed by atoms with Gasteiger partial charge in [-0.25, -0.2) is 9.78 Å². The normalized spacial score (nSPS) is 10.4. The molecule has 1 aromatic heterocycles. The quantitative estimate of drug-likeness (QED) is 0.216. The summed E-state index contributed by atoms with van der Waals surface area (Å²) >= 11 is 0. The predicted molar refractivity (Wildman–Crippen MR) is 70.4 cm³/mol. The van der Waals surface area contributed by atoms with Crippen LogP contribution in [0, 0.1) is 10.1 Å². The molecule has 0 atom stereocenters. The SMILES string of the molecule is CCOC(=O)/C(O)=C\c1cc(OC)ncc1[N+](=O)[O-].[K]. The van der Waals surface area contributed by atoms with E-state index >= 15 is 0 Å². The summed E-state index contributed by atoms with van der Waals surface area (Å²) in [5.41, 5.74) is -0.376. The molecule has 1 aromatic rings. The first-order valence-corrected chi connectivity index (χ1v) is 5.25. The maximum atomic E-state index is 11.2. The molecule has 1 heterocycles. The molecular weight excluding hydrogens is 295 g/mol. The second-order valence-electron chi connectivity index (χ2n) is 3.29. The molecule has 0 spiro atoms. The van der Waals surface area contributed by atoms with Crippen molar-refractivity contribution in [2.75, 3.05) is 13.7 Å². The van der Waals surface area contributed by atoms with Crippen LogP contribution >= 0.6 is 0 Å². The van der Waals surface area contributed by atoms with E-state index in [1.807, 2.05) is 0 Å². The fourth-order valence-electron chi connectivity index (χ4n) is 1.23. The molecule has 8 nitrogen and oxygen atoms in total. The average Bonchev–Trinajstić information content (AvgIpc) is 2.38. The van der Waals surface area contributed by atoms with Gasteiger partial charge in [-0.2, -0.15) is 0 Å². The average molecular weight is 307 g/mol. The molecule has 0 amide bonds. The van der Waals surface area contributed by atoms with Crippen LogP contribution in [0.4, 0.5) is 5.69 Å². The van der Waals surface area contributed by atoms with Crippen molar-refractivity contribution in [3.8, 4) is 5.88 Å². The van der Waals surface area contributed by atoms with Crippen molar-refractivity contribution in [2.24, 2.45) is 0 Å². The summed E-state index contributed by atoms with van der Waals surface area (Å²) in [6, 6.07) is 1.23. The van der Waals surface area contributed by atoms with Crippen molar-refractivity contribution in [1.82, 2.24) is 4.98 Å². The van der Waals surface area contributed by atoms with Gasteiger partial charge in [0.05, 0.1) is 24.2 Å². The third-order valence-corrected chi connectivity index (χ3v) is 2.07. The van der Waals surface area contributed by atoms with E-state index in [0.717, 1.165) is 12.3 Å². The number of carbonyl (C=O) groups is 1. The fourth-order valence-corrected chi connectivity index (χ4v) is 1.23. The molecular formula is C11H12KN2O6. The Bertz CT molecular complexity index is 532. The van der Waals surface area contributed by atoms with Crippen molar-refractivity contribution in [1.29, 1.82) is 0 Å². The molecule has 1 rings (SSSR count). The molecule has 0 aromatic carbocycles. The van der Waals surface area contributed by atoms with Crippen LogP contribution in [0.5, 0.6) is 5.88 Å². The van der Waals surface area contributed by atoms with Gasteiger partial charge in [0.15, 0.2) is 0 Å².